The van der Waals surface area contributed by atoms with Crippen molar-refractivity contribution in [2.75, 3.05) is 13.2 Å². The summed E-state index contributed by atoms with van der Waals surface area (Å²) in [6.45, 7) is 0.181. The number of ether oxygens (including phenoxy) is 1. The minimum atomic E-state index is -0.942. The second-order valence-electron chi connectivity index (χ2n) is 4.18. The maximum absolute atomic E-state index is 11.5. The van der Waals surface area contributed by atoms with Crippen molar-refractivity contribution >= 4 is 5.91 Å². The predicted molar refractivity (Wildman–Crippen MR) is 60.8 cm³/mol. The summed E-state index contributed by atoms with van der Waals surface area (Å²) in [4.78, 5) is 11.5. The van der Waals surface area contributed by atoms with E-state index in [1.54, 1.807) is 0 Å². The Hall–Kier alpha value is -0.730. The maximum Gasteiger partial charge on any atom is 0.239 e. The molecule has 1 aliphatic heterocycles. The van der Waals surface area contributed by atoms with E-state index in [1.807, 2.05) is 0 Å². The van der Waals surface area contributed by atoms with Gasteiger partial charge in [-0.25, -0.2) is 0 Å². The summed E-state index contributed by atoms with van der Waals surface area (Å²) in [5.74, 6) is -0.437. The van der Waals surface area contributed by atoms with Gasteiger partial charge in [-0.3, -0.25) is 4.79 Å². The molecule has 7 nitrogen and oxygen atoms in total. The van der Waals surface area contributed by atoms with Gasteiger partial charge in [0.15, 0.2) is 6.29 Å². The molecular weight excluding hydrogens is 226 g/mol. The number of carbonyl (C=O) groups is 1. The average Bonchev–Trinajstić information content (AvgIpc) is 3.04. The van der Waals surface area contributed by atoms with Crippen LogP contribution in [0.25, 0.3) is 0 Å². The van der Waals surface area contributed by atoms with Crippen LogP contribution in [0.3, 0.4) is 0 Å². The fraction of sp³-hybridized carbons (Fsp3) is 0.900. The number of nitrogens with two attached hydrogens (primary N) is 2. The molecule has 0 radical (unpaired) electrons. The number of amides is 1. The first-order valence-corrected chi connectivity index (χ1v) is 5.80. The normalized spacial score (nSPS) is 26.4. The number of unbranched alkanes of at least 4 members (excludes halogenated alkanes) is 1. The Balaban J connectivity index is 2.38. The van der Waals surface area contributed by atoms with E-state index in [0.29, 0.717) is 13.0 Å². The largest absolute Gasteiger partial charge is 0.394 e. The van der Waals surface area contributed by atoms with E-state index in [4.69, 9.17) is 21.3 Å². The number of carbonyl (C=O) groups excluding carboxylic acids is 1. The molecule has 7 N–H and O–H groups in total. The third-order valence-corrected chi connectivity index (χ3v) is 2.73. The Morgan fingerprint density at radius 1 is 1.47 bits per heavy atom. The van der Waals surface area contributed by atoms with Crippen molar-refractivity contribution in [1.29, 1.82) is 0 Å². The quantitative estimate of drug-likeness (QED) is 0.240. The van der Waals surface area contributed by atoms with E-state index in [2.05, 4.69) is 5.32 Å². The molecule has 17 heavy (non-hydrogen) atoms. The molecule has 1 rings (SSSR count). The number of hydrogen-bond donors (Lipinski definition) is 5. The first kappa shape index (κ1) is 14.3. The maximum atomic E-state index is 11.5. The van der Waals surface area contributed by atoms with E-state index < -0.39 is 24.8 Å². The van der Waals surface area contributed by atoms with Gasteiger partial charge >= 0.3 is 0 Å². The fourth-order valence-electron chi connectivity index (χ4n) is 1.61. The van der Waals surface area contributed by atoms with Crippen molar-refractivity contribution in [1.82, 2.24) is 5.32 Å². The second kappa shape index (κ2) is 6.87. The van der Waals surface area contributed by atoms with Crippen LogP contribution in [0.1, 0.15) is 19.3 Å². The Kier molecular flexibility index (Phi) is 5.79. The van der Waals surface area contributed by atoms with Gasteiger partial charge in [0, 0.05) is 0 Å². The van der Waals surface area contributed by atoms with Crippen LogP contribution in [0.4, 0.5) is 0 Å². The Labute approximate surface area is 100 Å². The van der Waals surface area contributed by atoms with Crippen LogP contribution in [0.15, 0.2) is 0 Å². The van der Waals surface area contributed by atoms with Crippen molar-refractivity contribution in [2.24, 2.45) is 11.5 Å². The van der Waals surface area contributed by atoms with E-state index in [0.717, 1.165) is 12.8 Å². The highest BCUT2D eigenvalue weighted by Crippen LogP contribution is 2.25. The van der Waals surface area contributed by atoms with Crippen LogP contribution >= 0.6 is 0 Å². The molecule has 4 atom stereocenters. The Morgan fingerprint density at radius 3 is 2.59 bits per heavy atom. The minimum absolute atomic E-state index is 0.276. The first-order valence-electron chi connectivity index (χ1n) is 5.80. The summed E-state index contributed by atoms with van der Waals surface area (Å²) in [5, 5.41) is 20.6. The number of aliphatic hydroxyl groups is 2. The van der Waals surface area contributed by atoms with Crippen LogP contribution in [0.2, 0.25) is 0 Å². The second-order valence-corrected chi connectivity index (χ2v) is 4.18. The predicted octanol–water partition coefficient (Wildman–Crippen LogP) is -2.36. The lowest BCUT2D eigenvalue weighted by molar-refractivity contribution is -0.124. The lowest BCUT2D eigenvalue weighted by Gasteiger charge is -2.18. The molecule has 0 saturated carbocycles. The van der Waals surface area contributed by atoms with Gasteiger partial charge in [-0.15, -0.1) is 0 Å². The average molecular weight is 247 g/mol. The number of aliphatic hydroxyl groups excluding tert-OH is 2. The number of epoxide rings is 1. The van der Waals surface area contributed by atoms with Gasteiger partial charge in [-0.05, 0) is 19.4 Å². The van der Waals surface area contributed by atoms with Crippen molar-refractivity contribution in [2.45, 2.75) is 43.7 Å². The van der Waals surface area contributed by atoms with Crippen molar-refractivity contribution in [3.8, 4) is 0 Å². The summed E-state index contributed by atoms with van der Waals surface area (Å²) < 4.78 is 4.93. The zero-order valence-corrected chi connectivity index (χ0v) is 9.71. The third kappa shape index (κ3) is 4.57. The number of nitrogens with one attached hydrogen (secondary N) is 1. The molecule has 4 unspecified atom stereocenters. The molecule has 0 spiro atoms. The summed E-state index contributed by atoms with van der Waals surface area (Å²) >= 11 is 0. The topological polar surface area (TPSA) is 134 Å². The van der Waals surface area contributed by atoms with Gasteiger partial charge in [0.2, 0.25) is 5.91 Å². The summed E-state index contributed by atoms with van der Waals surface area (Å²) in [6.07, 6.45) is 1.16. The molecule has 0 aromatic rings. The van der Waals surface area contributed by atoms with Crippen LogP contribution in [-0.4, -0.2) is 53.7 Å². The lowest BCUT2D eigenvalue weighted by Crippen LogP contribution is -2.49. The SMILES string of the molecule is NCCCCC(NC(=O)C(N)CO)C1OC1O. The summed E-state index contributed by atoms with van der Waals surface area (Å²) in [7, 11) is 0. The highest BCUT2D eigenvalue weighted by Gasteiger charge is 2.44. The smallest absolute Gasteiger partial charge is 0.239 e. The van der Waals surface area contributed by atoms with Gasteiger partial charge in [0.05, 0.1) is 12.6 Å². The lowest BCUT2D eigenvalue weighted by atomic mass is 10.1. The van der Waals surface area contributed by atoms with E-state index in [9.17, 15) is 9.90 Å². The van der Waals surface area contributed by atoms with Gasteiger partial charge in [0.25, 0.3) is 0 Å². The minimum Gasteiger partial charge on any atom is -0.394 e. The Morgan fingerprint density at radius 2 is 2.12 bits per heavy atom. The highest BCUT2D eigenvalue weighted by molar-refractivity contribution is 5.81. The monoisotopic (exact) mass is 247 g/mol. The highest BCUT2D eigenvalue weighted by atomic mass is 16.7. The molecule has 1 fully saturated rings. The summed E-state index contributed by atoms with van der Waals surface area (Å²) in [6, 6.07) is -1.22. The van der Waals surface area contributed by atoms with Gasteiger partial charge in [0.1, 0.15) is 12.1 Å². The standard InChI is InChI=1S/C10H21N3O4/c11-4-2-1-3-7(8-10(16)17-8)13-9(15)6(12)5-14/h6-8,10,14,16H,1-5,11-12H2,(H,13,15). The van der Waals surface area contributed by atoms with Crippen LogP contribution in [0, 0.1) is 0 Å². The van der Waals surface area contributed by atoms with Crippen LogP contribution in [-0.2, 0) is 9.53 Å². The number of hydrogen-bond acceptors (Lipinski definition) is 6. The fourth-order valence-corrected chi connectivity index (χ4v) is 1.61. The molecule has 0 aromatic heterocycles. The molecule has 7 heteroatoms. The van der Waals surface area contributed by atoms with Crippen molar-refractivity contribution in [3.63, 3.8) is 0 Å². The molecule has 0 aromatic carbocycles. The molecule has 0 bridgehead atoms. The van der Waals surface area contributed by atoms with E-state index >= 15 is 0 Å². The molecule has 1 heterocycles. The molecule has 0 aliphatic carbocycles. The van der Waals surface area contributed by atoms with Gasteiger partial charge in [-0.2, -0.15) is 0 Å². The molecule has 1 saturated heterocycles. The zero-order valence-electron chi connectivity index (χ0n) is 9.71. The van der Waals surface area contributed by atoms with Gasteiger partial charge < -0.3 is 31.7 Å². The van der Waals surface area contributed by atoms with Crippen LogP contribution < -0.4 is 16.8 Å². The molecule has 100 valence electrons. The first-order chi connectivity index (χ1) is 8.10. The van der Waals surface area contributed by atoms with E-state index in [-0.39, 0.29) is 12.1 Å². The van der Waals surface area contributed by atoms with Gasteiger partial charge in [-0.1, -0.05) is 6.42 Å². The molecule has 1 amide bonds. The third-order valence-electron chi connectivity index (χ3n) is 2.73. The van der Waals surface area contributed by atoms with E-state index in [1.165, 1.54) is 0 Å². The molecular formula is C10H21N3O4. The number of rotatable bonds is 8. The van der Waals surface area contributed by atoms with Crippen molar-refractivity contribution < 1.29 is 19.7 Å². The Bertz CT molecular complexity index is 252. The van der Waals surface area contributed by atoms with Crippen molar-refractivity contribution in [3.05, 3.63) is 0 Å². The summed E-state index contributed by atoms with van der Waals surface area (Å²) in [5.41, 5.74) is 10.8. The van der Waals surface area contributed by atoms with Crippen LogP contribution in [0.5, 0.6) is 0 Å². The molecule has 1 aliphatic rings. The zero-order chi connectivity index (χ0) is 12.8.